The molecule has 0 bridgehead atoms. The SMILES string of the molecule is CCCNC1(C#N)CCC(Oc2cccc(OC)c2)C1. The van der Waals surface area contributed by atoms with Crippen LogP contribution in [-0.2, 0) is 0 Å². The number of methoxy groups -OCH3 is 1. The maximum absolute atomic E-state index is 9.42. The minimum atomic E-state index is -0.417. The number of nitrogens with zero attached hydrogens (tertiary/aromatic N) is 1. The Hall–Kier alpha value is -1.73. The van der Waals surface area contributed by atoms with Crippen molar-refractivity contribution in [1.29, 1.82) is 5.26 Å². The fraction of sp³-hybridized carbons (Fsp3) is 0.562. The Labute approximate surface area is 120 Å². The number of benzene rings is 1. The van der Waals surface area contributed by atoms with E-state index in [1.807, 2.05) is 24.3 Å². The largest absolute Gasteiger partial charge is 0.497 e. The molecular weight excluding hydrogens is 252 g/mol. The number of rotatable bonds is 6. The molecule has 0 aliphatic heterocycles. The van der Waals surface area contributed by atoms with Crippen molar-refractivity contribution in [3.05, 3.63) is 24.3 Å². The van der Waals surface area contributed by atoms with Gasteiger partial charge in [-0.15, -0.1) is 0 Å². The predicted molar refractivity (Wildman–Crippen MR) is 77.9 cm³/mol. The molecule has 2 unspecified atom stereocenters. The van der Waals surface area contributed by atoms with Crippen LogP contribution in [0.2, 0.25) is 0 Å². The zero-order valence-corrected chi connectivity index (χ0v) is 12.2. The molecule has 0 saturated heterocycles. The normalized spacial score (nSPS) is 25.1. The van der Waals surface area contributed by atoms with Crippen LogP contribution < -0.4 is 14.8 Å². The molecule has 1 aliphatic rings. The van der Waals surface area contributed by atoms with Gasteiger partial charge in [0.1, 0.15) is 23.1 Å². The van der Waals surface area contributed by atoms with E-state index in [1.165, 1.54) is 0 Å². The van der Waals surface area contributed by atoms with Crippen molar-refractivity contribution in [3.8, 4) is 17.6 Å². The summed E-state index contributed by atoms with van der Waals surface area (Å²) in [5.74, 6) is 1.59. The lowest BCUT2D eigenvalue weighted by molar-refractivity contribution is 0.200. The second-order valence-electron chi connectivity index (χ2n) is 5.28. The molecule has 2 atom stereocenters. The first-order chi connectivity index (χ1) is 9.71. The van der Waals surface area contributed by atoms with E-state index < -0.39 is 5.54 Å². The fourth-order valence-corrected chi connectivity index (χ4v) is 2.63. The van der Waals surface area contributed by atoms with Crippen LogP contribution in [0.5, 0.6) is 11.5 Å². The molecule has 1 N–H and O–H groups in total. The molecule has 0 aromatic heterocycles. The van der Waals surface area contributed by atoms with Gasteiger partial charge in [0, 0.05) is 12.5 Å². The monoisotopic (exact) mass is 274 g/mol. The highest BCUT2D eigenvalue weighted by Crippen LogP contribution is 2.33. The Kier molecular flexibility index (Phi) is 4.86. The van der Waals surface area contributed by atoms with Gasteiger partial charge in [-0.05, 0) is 37.9 Å². The highest BCUT2D eigenvalue weighted by atomic mass is 16.5. The third-order valence-electron chi connectivity index (χ3n) is 3.74. The van der Waals surface area contributed by atoms with Gasteiger partial charge in [0.15, 0.2) is 0 Å². The quantitative estimate of drug-likeness (QED) is 0.866. The predicted octanol–water partition coefficient (Wildman–Crippen LogP) is 2.89. The van der Waals surface area contributed by atoms with Gasteiger partial charge in [-0.25, -0.2) is 0 Å². The van der Waals surface area contributed by atoms with Crippen LogP contribution in [0.15, 0.2) is 24.3 Å². The van der Waals surface area contributed by atoms with Crippen LogP contribution in [0, 0.1) is 11.3 Å². The van der Waals surface area contributed by atoms with Gasteiger partial charge in [-0.2, -0.15) is 5.26 Å². The molecule has 20 heavy (non-hydrogen) atoms. The van der Waals surface area contributed by atoms with E-state index in [0.717, 1.165) is 43.7 Å². The maximum Gasteiger partial charge on any atom is 0.123 e. The first-order valence-corrected chi connectivity index (χ1v) is 7.18. The molecule has 0 heterocycles. The molecule has 1 aliphatic carbocycles. The molecular formula is C16H22N2O2. The van der Waals surface area contributed by atoms with Gasteiger partial charge in [0.05, 0.1) is 13.2 Å². The minimum absolute atomic E-state index is 0.0890. The van der Waals surface area contributed by atoms with E-state index in [9.17, 15) is 5.26 Å². The molecule has 108 valence electrons. The number of ether oxygens (including phenoxy) is 2. The summed E-state index contributed by atoms with van der Waals surface area (Å²) in [4.78, 5) is 0. The zero-order chi connectivity index (χ0) is 14.4. The van der Waals surface area contributed by atoms with Crippen molar-refractivity contribution in [1.82, 2.24) is 5.32 Å². The van der Waals surface area contributed by atoms with Crippen LogP contribution in [0.4, 0.5) is 0 Å². The molecule has 4 nitrogen and oxygen atoms in total. The molecule has 1 saturated carbocycles. The van der Waals surface area contributed by atoms with E-state index >= 15 is 0 Å². The lowest BCUT2D eigenvalue weighted by Gasteiger charge is -2.22. The molecule has 2 rings (SSSR count). The Bertz CT molecular complexity index is 484. The zero-order valence-electron chi connectivity index (χ0n) is 12.2. The van der Waals surface area contributed by atoms with Crippen molar-refractivity contribution in [2.75, 3.05) is 13.7 Å². The lowest BCUT2D eigenvalue weighted by Crippen LogP contribution is -2.42. The third-order valence-corrected chi connectivity index (χ3v) is 3.74. The highest BCUT2D eigenvalue weighted by Gasteiger charge is 2.40. The van der Waals surface area contributed by atoms with Gasteiger partial charge in [0.2, 0.25) is 0 Å². The van der Waals surface area contributed by atoms with Crippen molar-refractivity contribution in [2.45, 2.75) is 44.2 Å². The van der Waals surface area contributed by atoms with Crippen LogP contribution in [-0.4, -0.2) is 25.3 Å². The molecule has 1 aromatic carbocycles. The second kappa shape index (κ2) is 6.62. The molecule has 0 amide bonds. The molecule has 0 radical (unpaired) electrons. The Morgan fingerprint density at radius 2 is 2.25 bits per heavy atom. The first kappa shape index (κ1) is 14.7. The average Bonchev–Trinajstić information content (AvgIpc) is 2.89. The van der Waals surface area contributed by atoms with Gasteiger partial charge < -0.3 is 9.47 Å². The average molecular weight is 274 g/mol. The van der Waals surface area contributed by atoms with E-state index in [2.05, 4.69) is 18.3 Å². The smallest absolute Gasteiger partial charge is 0.123 e. The van der Waals surface area contributed by atoms with Crippen molar-refractivity contribution >= 4 is 0 Å². The summed E-state index contributed by atoms with van der Waals surface area (Å²) < 4.78 is 11.2. The summed E-state index contributed by atoms with van der Waals surface area (Å²) in [6.45, 7) is 2.98. The summed E-state index contributed by atoms with van der Waals surface area (Å²) >= 11 is 0. The van der Waals surface area contributed by atoms with E-state index in [4.69, 9.17) is 9.47 Å². The van der Waals surface area contributed by atoms with Gasteiger partial charge in [0.25, 0.3) is 0 Å². The van der Waals surface area contributed by atoms with Gasteiger partial charge in [-0.1, -0.05) is 13.0 Å². The fourth-order valence-electron chi connectivity index (χ4n) is 2.63. The topological polar surface area (TPSA) is 54.3 Å². The first-order valence-electron chi connectivity index (χ1n) is 7.18. The van der Waals surface area contributed by atoms with Crippen molar-refractivity contribution in [3.63, 3.8) is 0 Å². The summed E-state index contributed by atoms with van der Waals surface area (Å²) in [6.07, 6.45) is 3.61. The standard InChI is InChI=1S/C16H22N2O2/c1-3-9-18-16(12-17)8-7-15(11-16)20-14-6-4-5-13(10-14)19-2/h4-6,10,15,18H,3,7-9,11H2,1-2H3. The molecule has 1 fully saturated rings. The summed E-state index contributed by atoms with van der Waals surface area (Å²) in [5, 5.41) is 12.8. The number of hydrogen-bond acceptors (Lipinski definition) is 4. The van der Waals surface area contributed by atoms with Crippen LogP contribution >= 0.6 is 0 Å². The minimum Gasteiger partial charge on any atom is -0.497 e. The van der Waals surface area contributed by atoms with E-state index in [1.54, 1.807) is 7.11 Å². The second-order valence-corrected chi connectivity index (χ2v) is 5.28. The van der Waals surface area contributed by atoms with Crippen molar-refractivity contribution in [2.24, 2.45) is 0 Å². The Morgan fingerprint density at radius 3 is 2.95 bits per heavy atom. The molecule has 1 aromatic rings. The van der Waals surface area contributed by atoms with Gasteiger partial charge >= 0.3 is 0 Å². The third kappa shape index (κ3) is 3.43. The molecule has 4 heteroatoms. The maximum atomic E-state index is 9.42. The Morgan fingerprint density at radius 1 is 1.45 bits per heavy atom. The van der Waals surface area contributed by atoms with Crippen LogP contribution in [0.3, 0.4) is 0 Å². The highest BCUT2D eigenvalue weighted by molar-refractivity contribution is 5.33. The molecule has 0 spiro atoms. The summed E-state index contributed by atoms with van der Waals surface area (Å²) in [5.41, 5.74) is -0.417. The number of nitriles is 1. The van der Waals surface area contributed by atoms with Crippen LogP contribution in [0.25, 0.3) is 0 Å². The van der Waals surface area contributed by atoms with E-state index in [-0.39, 0.29) is 6.10 Å². The van der Waals surface area contributed by atoms with Gasteiger partial charge in [-0.3, -0.25) is 5.32 Å². The number of hydrogen-bond donors (Lipinski definition) is 1. The Balaban J connectivity index is 1.97. The summed E-state index contributed by atoms with van der Waals surface area (Å²) in [6, 6.07) is 10.0. The number of nitrogens with one attached hydrogen (secondary N) is 1. The summed E-state index contributed by atoms with van der Waals surface area (Å²) in [7, 11) is 1.64. The lowest BCUT2D eigenvalue weighted by atomic mass is 9.99. The van der Waals surface area contributed by atoms with Crippen molar-refractivity contribution < 1.29 is 9.47 Å². The van der Waals surface area contributed by atoms with E-state index in [0.29, 0.717) is 0 Å². The van der Waals surface area contributed by atoms with Crippen LogP contribution in [0.1, 0.15) is 32.6 Å².